The third kappa shape index (κ3) is 5.67. The fourth-order valence-electron chi connectivity index (χ4n) is 2.38. The van der Waals surface area contributed by atoms with Crippen molar-refractivity contribution in [3.05, 3.63) is 68.2 Å². The van der Waals surface area contributed by atoms with Gasteiger partial charge >= 0.3 is 0 Å². The van der Waals surface area contributed by atoms with Gasteiger partial charge in [0.2, 0.25) is 5.91 Å². The average molecular weight is 410 g/mol. The van der Waals surface area contributed by atoms with Gasteiger partial charge in [0, 0.05) is 29.3 Å². The number of nitro benzene ring substituents is 1. The quantitative estimate of drug-likeness (QED) is 0.541. The maximum Gasteiger partial charge on any atom is 0.269 e. The van der Waals surface area contributed by atoms with Gasteiger partial charge in [-0.1, -0.05) is 30.1 Å². The summed E-state index contributed by atoms with van der Waals surface area (Å²) in [6, 6.07) is 9.92. The lowest BCUT2D eigenvalue weighted by Crippen LogP contribution is -2.38. The molecule has 0 aliphatic rings. The van der Waals surface area contributed by atoms with E-state index in [1.54, 1.807) is 12.1 Å². The van der Waals surface area contributed by atoms with Gasteiger partial charge in [-0.2, -0.15) is 0 Å². The number of benzene rings is 2. The summed E-state index contributed by atoms with van der Waals surface area (Å²) in [4.78, 5) is 36.5. The molecule has 0 bridgehead atoms. The molecule has 0 spiro atoms. The Bertz CT molecular complexity index is 856. The van der Waals surface area contributed by atoms with Crippen LogP contribution in [0.1, 0.15) is 23.7 Å². The Morgan fingerprint density at radius 1 is 1.15 bits per heavy atom. The van der Waals surface area contributed by atoms with Crippen LogP contribution in [0.15, 0.2) is 42.5 Å². The molecule has 2 aromatic carbocycles. The second-order valence-electron chi connectivity index (χ2n) is 5.70. The van der Waals surface area contributed by atoms with E-state index in [0.717, 1.165) is 0 Å². The molecule has 0 saturated heterocycles. The first kappa shape index (κ1) is 20.7. The largest absolute Gasteiger partial charge is 0.329 e. The molecule has 0 aromatic heterocycles. The van der Waals surface area contributed by atoms with E-state index in [1.807, 2.05) is 6.92 Å². The van der Waals surface area contributed by atoms with Crippen molar-refractivity contribution in [1.29, 1.82) is 0 Å². The zero-order chi connectivity index (χ0) is 20.0. The van der Waals surface area contributed by atoms with Gasteiger partial charge in [-0.05, 0) is 36.8 Å². The van der Waals surface area contributed by atoms with Gasteiger partial charge in [0.15, 0.2) is 0 Å². The first-order valence-electron chi connectivity index (χ1n) is 8.10. The summed E-state index contributed by atoms with van der Waals surface area (Å²) in [5.41, 5.74) is 0.556. The van der Waals surface area contributed by atoms with Crippen LogP contribution in [0.5, 0.6) is 0 Å². The molecular formula is C18H17Cl2N3O4. The van der Waals surface area contributed by atoms with Gasteiger partial charge in [-0.25, -0.2) is 0 Å². The lowest BCUT2D eigenvalue weighted by Gasteiger charge is -2.22. The maximum atomic E-state index is 12.6. The summed E-state index contributed by atoms with van der Waals surface area (Å²) in [5, 5.41) is 14.1. The van der Waals surface area contributed by atoms with Gasteiger partial charge in [0.05, 0.1) is 15.6 Å². The highest BCUT2D eigenvalue weighted by Crippen LogP contribution is 2.25. The molecule has 0 unspecified atom stereocenters. The number of carbonyl (C=O) groups is 2. The third-order valence-corrected chi connectivity index (χ3v) is 4.19. The molecule has 0 fully saturated rings. The minimum absolute atomic E-state index is 0.108. The molecular weight excluding hydrogens is 393 g/mol. The van der Waals surface area contributed by atoms with Gasteiger partial charge < -0.3 is 10.2 Å². The van der Waals surface area contributed by atoms with Crippen molar-refractivity contribution in [3.63, 3.8) is 0 Å². The van der Waals surface area contributed by atoms with Crippen molar-refractivity contribution in [1.82, 2.24) is 4.90 Å². The van der Waals surface area contributed by atoms with Crippen molar-refractivity contribution in [3.8, 4) is 0 Å². The van der Waals surface area contributed by atoms with Crippen LogP contribution in [0.3, 0.4) is 0 Å². The molecule has 0 aliphatic carbocycles. The Hall–Kier alpha value is -2.64. The van der Waals surface area contributed by atoms with Gasteiger partial charge in [0.25, 0.3) is 11.6 Å². The highest BCUT2D eigenvalue weighted by Gasteiger charge is 2.19. The van der Waals surface area contributed by atoms with Crippen LogP contribution in [-0.2, 0) is 4.79 Å². The van der Waals surface area contributed by atoms with Crippen molar-refractivity contribution < 1.29 is 14.5 Å². The Morgan fingerprint density at radius 2 is 1.81 bits per heavy atom. The summed E-state index contributed by atoms with van der Waals surface area (Å²) >= 11 is 11.9. The Kier molecular flexibility index (Phi) is 7.15. The molecule has 0 saturated carbocycles. The van der Waals surface area contributed by atoms with Crippen molar-refractivity contribution in [2.45, 2.75) is 13.3 Å². The number of hydrogen-bond donors (Lipinski definition) is 1. The molecule has 0 aliphatic heterocycles. The predicted molar refractivity (Wildman–Crippen MR) is 104 cm³/mol. The van der Waals surface area contributed by atoms with E-state index in [-0.39, 0.29) is 23.7 Å². The van der Waals surface area contributed by atoms with E-state index in [9.17, 15) is 19.7 Å². The third-order valence-electron chi connectivity index (χ3n) is 3.65. The van der Waals surface area contributed by atoms with Crippen LogP contribution < -0.4 is 5.32 Å². The normalized spacial score (nSPS) is 10.3. The van der Waals surface area contributed by atoms with Gasteiger partial charge in [-0.15, -0.1) is 0 Å². The Morgan fingerprint density at radius 3 is 2.37 bits per heavy atom. The number of nitro groups is 1. The first-order chi connectivity index (χ1) is 12.8. The molecule has 0 atom stereocenters. The van der Waals surface area contributed by atoms with Crippen LogP contribution in [0.25, 0.3) is 0 Å². The minimum Gasteiger partial charge on any atom is -0.329 e. The highest BCUT2D eigenvalue weighted by molar-refractivity contribution is 6.36. The number of halogens is 2. The summed E-state index contributed by atoms with van der Waals surface area (Å²) < 4.78 is 0. The molecule has 27 heavy (non-hydrogen) atoms. The lowest BCUT2D eigenvalue weighted by atomic mass is 10.1. The highest BCUT2D eigenvalue weighted by atomic mass is 35.5. The van der Waals surface area contributed by atoms with Crippen LogP contribution in [0.2, 0.25) is 10.0 Å². The van der Waals surface area contributed by atoms with Crippen molar-refractivity contribution in [2.24, 2.45) is 0 Å². The first-order valence-corrected chi connectivity index (χ1v) is 8.86. The topological polar surface area (TPSA) is 92.6 Å². The SMILES string of the molecule is CCCN(CC(=O)Nc1ccc(Cl)cc1Cl)C(=O)c1ccc([N+](=O)[O-])cc1. The maximum absolute atomic E-state index is 12.6. The summed E-state index contributed by atoms with van der Waals surface area (Å²) in [6.45, 7) is 2.06. The summed E-state index contributed by atoms with van der Waals surface area (Å²) in [5.74, 6) is -0.799. The second kappa shape index (κ2) is 9.34. The van der Waals surface area contributed by atoms with Gasteiger partial charge in [-0.3, -0.25) is 19.7 Å². The fraction of sp³-hybridized carbons (Fsp3) is 0.222. The minimum atomic E-state index is -0.540. The van der Waals surface area contributed by atoms with E-state index < -0.39 is 10.8 Å². The monoisotopic (exact) mass is 409 g/mol. The molecule has 2 amide bonds. The molecule has 142 valence electrons. The number of non-ortho nitro benzene ring substituents is 1. The zero-order valence-electron chi connectivity index (χ0n) is 14.4. The number of carbonyl (C=O) groups excluding carboxylic acids is 2. The average Bonchev–Trinajstić information content (AvgIpc) is 2.63. The molecule has 2 rings (SSSR count). The van der Waals surface area contributed by atoms with E-state index in [4.69, 9.17) is 23.2 Å². The van der Waals surface area contributed by atoms with Gasteiger partial charge in [0.1, 0.15) is 6.54 Å². The number of nitrogens with zero attached hydrogens (tertiary/aromatic N) is 2. The number of rotatable bonds is 7. The van der Waals surface area contributed by atoms with Crippen LogP contribution in [0, 0.1) is 10.1 Å². The number of anilines is 1. The van der Waals surface area contributed by atoms with Crippen LogP contribution in [0.4, 0.5) is 11.4 Å². The van der Waals surface area contributed by atoms with E-state index in [1.165, 1.54) is 35.2 Å². The standard InChI is InChI=1S/C18H17Cl2N3O4/c1-2-9-22(18(25)12-3-6-14(7-4-12)23(26)27)11-17(24)21-16-8-5-13(19)10-15(16)20/h3-8,10H,2,9,11H2,1H3,(H,21,24). The summed E-state index contributed by atoms with van der Waals surface area (Å²) in [7, 11) is 0. The van der Waals surface area contributed by atoms with Crippen LogP contribution >= 0.6 is 23.2 Å². The lowest BCUT2D eigenvalue weighted by molar-refractivity contribution is -0.384. The molecule has 7 nitrogen and oxygen atoms in total. The molecule has 9 heteroatoms. The summed E-state index contributed by atoms with van der Waals surface area (Å²) in [6.07, 6.45) is 0.647. The van der Waals surface area contributed by atoms with Crippen LogP contribution in [-0.4, -0.2) is 34.7 Å². The Balaban J connectivity index is 2.10. The number of hydrogen-bond acceptors (Lipinski definition) is 4. The fourth-order valence-corrected chi connectivity index (χ4v) is 2.84. The second-order valence-corrected chi connectivity index (χ2v) is 6.55. The molecule has 1 N–H and O–H groups in total. The molecule has 2 aromatic rings. The van der Waals surface area contributed by atoms with E-state index in [2.05, 4.69) is 5.32 Å². The Labute approximate surface area is 166 Å². The predicted octanol–water partition coefficient (Wildman–Crippen LogP) is 4.39. The molecule has 0 radical (unpaired) electrons. The van der Waals surface area contributed by atoms with Crippen molar-refractivity contribution in [2.75, 3.05) is 18.4 Å². The van der Waals surface area contributed by atoms with E-state index >= 15 is 0 Å². The smallest absolute Gasteiger partial charge is 0.269 e. The zero-order valence-corrected chi connectivity index (χ0v) is 16.0. The molecule has 0 heterocycles. The van der Waals surface area contributed by atoms with Crippen molar-refractivity contribution >= 4 is 46.4 Å². The number of amides is 2. The van der Waals surface area contributed by atoms with E-state index in [0.29, 0.717) is 28.7 Å². The number of nitrogens with one attached hydrogen (secondary N) is 1.